The van der Waals surface area contributed by atoms with Crippen molar-refractivity contribution in [2.75, 3.05) is 19.1 Å². The molecule has 0 unspecified atom stereocenters. The Morgan fingerprint density at radius 1 is 0.818 bits per heavy atom. The summed E-state index contributed by atoms with van der Waals surface area (Å²) in [5.74, 6) is -1.68. The SMILES string of the molecule is COC(OC)C12c3ccccc3C(c3ccccc31)[C@H]1C(=O)N(c3ccc(I)cc3)C(=O)[C@@H]12. The number of hydrogen-bond acceptors (Lipinski definition) is 4. The van der Waals surface area contributed by atoms with Crippen LogP contribution in [0.25, 0.3) is 0 Å². The summed E-state index contributed by atoms with van der Waals surface area (Å²) in [5, 5.41) is 0. The van der Waals surface area contributed by atoms with Crippen LogP contribution in [-0.2, 0) is 24.5 Å². The number of carbonyl (C=O) groups is 2. The van der Waals surface area contributed by atoms with Crippen molar-refractivity contribution in [1.29, 1.82) is 0 Å². The van der Waals surface area contributed by atoms with Crippen molar-refractivity contribution in [2.45, 2.75) is 17.6 Å². The highest BCUT2D eigenvalue weighted by Crippen LogP contribution is 2.65. The molecule has 3 aromatic carbocycles. The smallest absolute Gasteiger partial charge is 0.239 e. The summed E-state index contributed by atoms with van der Waals surface area (Å²) in [5.41, 5.74) is 3.84. The summed E-state index contributed by atoms with van der Waals surface area (Å²) in [7, 11) is 3.20. The average molecular weight is 551 g/mol. The van der Waals surface area contributed by atoms with Gasteiger partial charge in [0.15, 0.2) is 6.29 Å². The lowest BCUT2D eigenvalue weighted by Crippen LogP contribution is -2.60. The molecule has 0 N–H and O–H groups in total. The Hall–Kier alpha value is -2.55. The molecule has 2 amide bonds. The lowest BCUT2D eigenvalue weighted by molar-refractivity contribution is -0.168. The van der Waals surface area contributed by atoms with Gasteiger partial charge in [0.2, 0.25) is 11.8 Å². The van der Waals surface area contributed by atoms with E-state index in [1.54, 1.807) is 14.2 Å². The van der Waals surface area contributed by atoms with E-state index in [0.29, 0.717) is 5.69 Å². The van der Waals surface area contributed by atoms with E-state index >= 15 is 0 Å². The molecule has 0 saturated carbocycles. The predicted octanol–water partition coefficient (Wildman–Crippen LogP) is 4.46. The molecule has 1 saturated heterocycles. The summed E-state index contributed by atoms with van der Waals surface area (Å²) >= 11 is 2.22. The Bertz CT molecular complexity index is 1240. The number of anilines is 1. The third-order valence-corrected chi connectivity index (χ3v) is 8.29. The van der Waals surface area contributed by atoms with Crippen LogP contribution in [-0.4, -0.2) is 32.3 Å². The van der Waals surface area contributed by atoms with Crippen molar-refractivity contribution in [3.63, 3.8) is 0 Å². The van der Waals surface area contributed by atoms with E-state index in [0.717, 1.165) is 25.8 Å². The fourth-order valence-corrected chi connectivity index (χ4v) is 6.90. The number of hydrogen-bond donors (Lipinski definition) is 0. The zero-order valence-corrected chi connectivity index (χ0v) is 20.4. The van der Waals surface area contributed by atoms with Gasteiger partial charge in [0.1, 0.15) is 0 Å². The van der Waals surface area contributed by atoms with Crippen LogP contribution in [0.2, 0.25) is 0 Å². The Morgan fingerprint density at radius 2 is 1.36 bits per heavy atom. The van der Waals surface area contributed by atoms with Crippen molar-refractivity contribution in [3.05, 3.63) is 98.6 Å². The minimum atomic E-state index is -0.930. The highest BCUT2D eigenvalue weighted by Gasteiger charge is 2.71. The topological polar surface area (TPSA) is 55.8 Å². The van der Waals surface area contributed by atoms with Crippen LogP contribution in [0.5, 0.6) is 0 Å². The van der Waals surface area contributed by atoms with Crippen molar-refractivity contribution in [3.8, 4) is 0 Å². The van der Waals surface area contributed by atoms with Gasteiger partial charge in [0.05, 0.1) is 22.9 Å². The first-order chi connectivity index (χ1) is 16.1. The Balaban J connectivity index is 1.67. The Morgan fingerprint density at radius 3 is 1.91 bits per heavy atom. The largest absolute Gasteiger partial charge is 0.355 e. The average Bonchev–Trinajstić information content (AvgIpc) is 3.12. The fraction of sp³-hybridized carbons (Fsp3) is 0.259. The molecule has 33 heavy (non-hydrogen) atoms. The molecule has 0 radical (unpaired) electrons. The van der Waals surface area contributed by atoms with Crippen molar-refractivity contribution < 1.29 is 19.1 Å². The number of imide groups is 1. The van der Waals surface area contributed by atoms with Crippen LogP contribution in [0.3, 0.4) is 0 Å². The van der Waals surface area contributed by atoms with Crippen LogP contribution in [0.1, 0.15) is 28.2 Å². The number of amides is 2. The number of methoxy groups -OCH3 is 2. The first-order valence-electron chi connectivity index (χ1n) is 10.9. The molecule has 2 bridgehead atoms. The summed E-state index contributed by atoms with van der Waals surface area (Å²) in [6.07, 6.45) is -0.734. The van der Waals surface area contributed by atoms with Gasteiger partial charge >= 0.3 is 0 Å². The zero-order valence-electron chi connectivity index (χ0n) is 18.2. The molecule has 7 rings (SSSR count). The standard InChI is InChI=1S/C27H22INO4/c1-32-26(33-2)27-19-9-5-3-7-17(19)21(18-8-4-6-10-20(18)27)22-23(27)25(31)29(24(22)30)16-13-11-15(28)12-14-16/h3-14,21-23,26H,1-2H3/t21?,22-,23-,27?/m1/s1. The van der Waals surface area contributed by atoms with Crippen LogP contribution in [0, 0.1) is 15.4 Å². The second kappa shape index (κ2) is 7.48. The molecule has 1 heterocycles. The van der Waals surface area contributed by atoms with E-state index < -0.39 is 23.5 Å². The Kier molecular flexibility index (Phi) is 4.76. The number of nitrogens with zero attached hydrogens (tertiary/aromatic N) is 1. The van der Waals surface area contributed by atoms with Crippen molar-refractivity contribution in [2.24, 2.45) is 11.8 Å². The molecule has 2 atom stereocenters. The van der Waals surface area contributed by atoms with Crippen molar-refractivity contribution >= 4 is 40.1 Å². The molecule has 5 nitrogen and oxygen atoms in total. The van der Waals surface area contributed by atoms with Crippen LogP contribution in [0.4, 0.5) is 5.69 Å². The lowest BCUT2D eigenvalue weighted by atomic mass is 9.47. The number of carbonyl (C=O) groups excluding carboxylic acids is 2. The van der Waals surface area contributed by atoms with E-state index in [1.807, 2.05) is 48.5 Å². The molecule has 3 aromatic rings. The molecule has 0 aromatic heterocycles. The van der Waals surface area contributed by atoms with E-state index in [4.69, 9.17) is 9.47 Å². The third-order valence-electron chi connectivity index (χ3n) is 7.57. The summed E-state index contributed by atoms with van der Waals surface area (Å²) in [4.78, 5) is 29.6. The first kappa shape index (κ1) is 21.0. The monoisotopic (exact) mass is 551 g/mol. The van der Waals surface area contributed by atoms with Crippen LogP contribution < -0.4 is 4.90 Å². The Labute approximate surface area is 205 Å². The maximum Gasteiger partial charge on any atom is 0.239 e. The minimum absolute atomic E-state index is 0.157. The van der Waals surface area contributed by atoms with E-state index in [1.165, 1.54) is 4.90 Å². The van der Waals surface area contributed by atoms with E-state index in [2.05, 4.69) is 46.9 Å². The molecular weight excluding hydrogens is 529 g/mol. The second-order valence-corrected chi connectivity index (χ2v) is 10.1. The summed E-state index contributed by atoms with van der Waals surface area (Å²) < 4.78 is 12.9. The molecular formula is C27H22INO4. The summed E-state index contributed by atoms with van der Waals surface area (Å²) in [6, 6.07) is 23.8. The van der Waals surface area contributed by atoms with E-state index in [-0.39, 0.29) is 17.7 Å². The third kappa shape index (κ3) is 2.54. The van der Waals surface area contributed by atoms with Gasteiger partial charge < -0.3 is 9.47 Å². The van der Waals surface area contributed by atoms with Crippen LogP contribution in [0.15, 0.2) is 72.8 Å². The molecule has 0 spiro atoms. The molecule has 4 aliphatic rings. The molecule has 1 fully saturated rings. The summed E-state index contributed by atoms with van der Waals surface area (Å²) in [6.45, 7) is 0. The number of ether oxygens (including phenoxy) is 2. The zero-order chi connectivity index (χ0) is 22.9. The van der Waals surface area contributed by atoms with Gasteiger partial charge in [-0.05, 0) is 69.1 Å². The van der Waals surface area contributed by atoms with Gasteiger partial charge in [-0.3, -0.25) is 9.59 Å². The first-order valence-corrected chi connectivity index (χ1v) is 12.0. The predicted molar refractivity (Wildman–Crippen MR) is 132 cm³/mol. The quantitative estimate of drug-likeness (QED) is 0.273. The van der Waals surface area contributed by atoms with Gasteiger partial charge in [0.25, 0.3) is 0 Å². The number of halogens is 1. The molecule has 1 aliphatic heterocycles. The molecule has 6 heteroatoms. The highest BCUT2D eigenvalue weighted by atomic mass is 127. The minimum Gasteiger partial charge on any atom is -0.355 e. The van der Waals surface area contributed by atoms with E-state index in [9.17, 15) is 9.59 Å². The number of rotatable bonds is 4. The second-order valence-electron chi connectivity index (χ2n) is 8.82. The van der Waals surface area contributed by atoms with Gasteiger partial charge in [0, 0.05) is 23.7 Å². The van der Waals surface area contributed by atoms with Gasteiger partial charge in [-0.1, -0.05) is 48.5 Å². The van der Waals surface area contributed by atoms with Gasteiger partial charge in [-0.15, -0.1) is 0 Å². The van der Waals surface area contributed by atoms with Gasteiger partial charge in [-0.2, -0.15) is 0 Å². The molecule has 3 aliphatic carbocycles. The number of benzene rings is 3. The highest BCUT2D eigenvalue weighted by molar-refractivity contribution is 14.1. The fourth-order valence-electron chi connectivity index (χ4n) is 6.54. The van der Waals surface area contributed by atoms with Crippen LogP contribution >= 0.6 is 22.6 Å². The molecule has 166 valence electrons. The maximum atomic E-state index is 14.2. The normalized spacial score (nSPS) is 27.0. The van der Waals surface area contributed by atoms with Gasteiger partial charge in [-0.25, -0.2) is 4.90 Å². The lowest BCUT2D eigenvalue weighted by Gasteiger charge is -2.56. The maximum absolute atomic E-state index is 14.2. The van der Waals surface area contributed by atoms with Crippen molar-refractivity contribution in [1.82, 2.24) is 0 Å².